The first-order valence-corrected chi connectivity index (χ1v) is 11.7. The monoisotopic (exact) mass is 417 g/mol. The zero-order valence-electron chi connectivity index (χ0n) is 17.3. The van der Waals surface area contributed by atoms with E-state index in [1.54, 1.807) is 11.3 Å². The number of amides is 1. The average molecular weight is 418 g/mol. The molecule has 1 amide bonds. The molecule has 0 radical (unpaired) electrons. The molecular formula is C25H27N3OS. The van der Waals surface area contributed by atoms with Crippen LogP contribution in [0.15, 0.2) is 60.0 Å². The third kappa shape index (κ3) is 4.05. The summed E-state index contributed by atoms with van der Waals surface area (Å²) in [6.07, 6.45) is 4.58. The van der Waals surface area contributed by atoms with Crippen molar-refractivity contribution < 1.29 is 4.79 Å². The highest BCUT2D eigenvalue weighted by Gasteiger charge is 2.40. The van der Waals surface area contributed by atoms with Crippen molar-refractivity contribution in [2.24, 2.45) is 0 Å². The first kappa shape index (κ1) is 19.5. The zero-order valence-corrected chi connectivity index (χ0v) is 18.1. The Morgan fingerprint density at radius 3 is 2.40 bits per heavy atom. The smallest absolute Gasteiger partial charge is 0.251 e. The largest absolute Gasteiger partial charge is 0.349 e. The lowest BCUT2D eigenvalue weighted by atomic mass is 9.96. The fourth-order valence-corrected chi connectivity index (χ4v) is 5.77. The van der Waals surface area contributed by atoms with Crippen molar-refractivity contribution in [3.8, 4) is 10.6 Å². The van der Waals surface area contributed by atoms with Crippen LogP contribution < -0.4 is 5.32 Å². The molecule has 1 aromatic heterocycles. The fourth-order valence-electron chi connectivity index (χ4n) is 4.96. The molecule has 4 nitrogen and oxygen atoms in total. The standard InChI is InChI=1S/C25H27N3OS/c1-17-16-30-25(26-17)20-9-7-19(8-10-20)24(29)27-21-13-22-11-12-23(14-21)28(22)15-18-5-3-2-4-6-18/h2-10,16,21-23H,11-15H2,1H3,(H,27,29). The van der Waals surface area contributed by atoms with Gasteiger partial charge in [0.2, 0.25) is 0 Å². The molecule has 2 fully saturated rings. The number of hydrogen-bond acceptors (Lipinski definition) is 4. The Hall–Kier alpha value is -2.50. The van der Waals surface area contributed by atoms with Gasteiger partial charge in [0.25, 0.3) is 5.91 Å². The van der Waals surface area contributed by atoms with Crippen molar-refractivity contribution in [3.05, 3.63) is 76.8 Å². The van der Waals surface area contributed by atoms with Crippen LogP contribution in [0.3, 0.4) is 0 Å². The second kappa shape index (κ2) is 8.32. The molecule has 5 rings (SSSR count). The van der Waals surface area contributed by atoms with Crippen LogP contribution in [-0.4, -0.2) is 33.9 Å². The maximum atomic E-state index is 12.8. The lowest BCUT2D eigenvalue weighted by Gasteiger charge is -2.39. The lowest BCUT2D eigenvalue weighted by Crippen LogP contribution is -2.49. The third-order valence-electron chi connectivity index (χ3n) is 6.44. The molecule has 3 aromatic rings. The van der Waals surface area contributed by atoms with Crippen molar-refractivity contribution >= 4 is 17.2 Å². The van der Waals surface area contributed by atoms with E-state index >= 15 is 0 Å². The molecule has 2 bridgehead atoms. The van der Waals surface area contributed by atoms with Gasteiger partial charge >= 0.3 is 0 Å². The van der Waals surface area contributed by atoms with E-state index in [4.69, 9.17) is 0 Å². The molecule has 0 saturated carbocycles. The summed E-state index contributed by atoms with van der Waals surface area (Å²) < 4.78 is 0. The van der Waals surface area contributed by atoms with Gasteiger partial charge in [-0.25, -0.2) is 4.98 Å². The maximum Gasteiger partial charge on any atom is 0.251 e. The number of fused-ring (bicyclic) bond motifs is 2. The van der Waals surface area contributed by atoms with Crippen LogP contribution >= 0.6 is 11.3 Å². The topological polar surface area (TPSA) is 45.2 Å². The van der Waals surface area contributed by atoms with Crippen LogP contribution in [0.25, 0.3) is 10.6 Å². The molecule has 2 atom stereocenters. The molecule has 30 heavy (non-hydrogen) atoms. The van der Waals surface area contributed by atoms with E-state index in [9.17, 15) is 4.79 Å². The molecule has 2 aliphatic rings. The molecule has 0 aliphatic carbocycles. The summed E-state index contributed by atoms with van der Waals surface area (Å²) >= 11 is 1.64. The Morgan fingerprint density at radius 1 is 1.07 bits per heavy atom. The highest BCUT2D eigenvalue weighted by molar-refractivity contribution is 7.13. The van der Waals surface area contributed by atoms with Gasteiger partial charge in [0.1, 0.15) is 5.01 Å². The van der Waals surface area contributed by atoms with Gasteiger partial charge < -0.3 is 5.32 Å². The number of carbonyl (C=O) groups is 1. The lowest BCUT2D eigenvalue weighted by molar-refractivity contribution is 0.0828. The number of nitrogens with zero attached hydrogens (tertiary/aromatic N) is 2. The van der Waals surface area contributed by atoms with Gasteiger partial charge in [-0.15, -0.1) is 11.3 Å². The van der Waals surface area contributed by atoms with E-state index in [-0.39, 0.29) is 11.9 Å². The number of aryl methyl sites for hydroxylation is 1. The Kier molecular flexibility index (Phi) is 5.40. The summed E-state index contributed by atoms with van der Waals surface area (Å²) in [5.41, 5.74) is 4.21. The van der Waals surface area contributed by atoms with E-state index in [0.29, 0.717) is 12.1 Å². The van der Waals surface area contributed by atoms with Gasteiger partial charge in [-0.3, -0.25) is 9.69 Å². The SMILES string of the molecule is Cc1csc(-c2ccc(C(=O)NC3CC4CCC(C3)N4Cc3ccccc3)cc2)n1. The minimum absolute atomic E-state index is 0.0396. The van der Waals surface area contributed by atoms with E-state index in [1.165, 1.54) is 18.4 Å². The molecule has 2 saturated heterocycles. The number of rotatable bonds is 5. The normalized spacial score (nSPS) is 23.4. The van der Waals surface area contributed by atoms with Gasteiger partial charge in [0, 0.05) is 46.9 Å². The summed E-state index contributed by atoms with van der Waals surface area (Å²) in [6.45, 7) is 3.02. The van der Waals surface area contributed by atoms with Crippen molar-refractivity contribution in [2.45, 2.75) is 57.3 Å². The molecule has 3 heterocycles. The highest BCUT2D eigenvalue weighted by atomic mass is 32.1. The van der Waals surface area contributed by atoms with Gasteiger partial charge in [0.05, 0.1) is 0 Å². The number of carbonyl (C=O) groups excluding carboxylic acids is 1. The molecule has 2 unspecified atom stereocenters. The summed E-state index contributed by atoms with van der Waals surface area (Å²) in [6, 6.07) is 20.0. The summed E-state index contributed by atoms with van der Waals surface area (Å²) in [5, 5.41) is 6.36. The van der Waals surface area contributed by atoms with Crippen LogP contribution in [0.2, 0.25) is 0 Å². The maximum absolute atomic E-state index is 12.8. The number of hydrogen-bond donors (Lipinski definition) is 1. The van der Waals surface area contributed by atoms with Crippen molar-refractivity contribution in [1.29, 1.82) is 0 Å². The molecule has 2 aliphatic heterocycles. The molecule has 0 spiro atoms. The summed E-state index contributed by atoms with van der Waals surface area (Å²) in [7, 11) is 0. The third-order valence-corrected chi connectivity index (χ3v) is 7.45. The van der Waals surface area contributed by atoms with Crippen molar-refractivity contribution in [2.75, 3.05) is 0 Å². The van der Waals surface area contributed by atoms with Crippen LogP contribution in [0.1, 0.15) is 47.3 Å². The van der Waals surface area contributed by atoms with E-state index < -0.39 is 0 Å². The Bertz CT molecular complexity index is 1000. The second-order valence-corrected chi connectivity index (χ2v) is 9.41. The first-order chi connectivity index (χ1) is 14.7. The van der Waals surface area contributed by atoms with Crippen LogP contribution in [-0.2, 0) is 6.54 Å². The van der Waals surface area contributed by atoms with E-state index in [0.717, 1.165) is 41.2 Å². The van der Waals surface area contributed by atoms with Crippen LogP contribution in [0.5, 0.6) is 0 Å². The van der Waals surface area contributed by atoms with Crippen LogP contribution in [0, 0.1) is 6.92 Å². The first-order valence-electron chi connectivity index (χ1n) is 10.8. The minimum Gasteiger partial charge on any atom is -0.349 e. The molecule has 5 heteroatoms. The number of piperidine rings is 1. The minimum atomic E-state index is 0.0396. The van der Waals surface area contributed by atoms with E-state index in [2.05, 4.69) is 50.9 Å². The Balaban J connectivity index is 1.20. The molecule has 2 aromatic carbocycles. The zero-order chi connectivity index (χ0) is 20.5. The number of aromatic nitrogens is 1. The van der Waals surface area contributed by atoms with E-state index in [1.807, 2.05) is 31.2 Å². The highest BCUT2D eigenvalue weighted by Crippen LogP contribution is 2.37. The number of benzene rings is 2. The Morgan fingerprint density at radius 2 is 1.77 bits per heavy atom. The van der Waals surface area contributed by atoms with Gasteiger partial charge in [-0.05, 0) is 50.3 Å². The van der Waals surface area contributed by atoms with Gasteiger partial charge in [-0.2, -0.15) is 0 Å². The number of thiazole rings is 1. The second-order valence-electron chi connectivity index (χ2n) is 8.56. The fraction of sp³-hybridized carbons (Fsp3) is 0.360. The van der Waals surface area contributed by atoms with Crippen molar-refractivity contribution in [3.63, 3.8) is 0 Å². The summed E-state index contributed by atoms with van der Waals surface area (Å²) in [4.78, 5) is 20.0. The summed E-state index contributed by atoms with van der Waals surface area (Å²) in [5.74, 6) is 0.0396. The van der Waals surface area contributed by atoms with Crippen molar-refractivity contribution in [1.82, 2.24) is 15.2 Å². The predicted molar refractivity (Wildman–Crippen MR) is 122 cm³/mol. The Labute approximate surface area is 182 Å². The van der Waals surface area contributed by atoms with Gasteiger partial charge in [0.15, 0.2) is 0 Å². The quantitative estimate of drug-likeness (QED) is 0.632. The van der Waals surface area contributed by atoms with Gasteiger partial charge in [-0.1, -0.05) is 42.5 Å². The van der Waals surface area contributed by atoms with Crippen LogP contribution in [0.4, 0.5) is 0 Å². The molecule has 154 valence electrons. The molecular weight excluding hydrogens is 390 g/mol. The number of nitrogens with one attached hydrogen (secondary N) is 1. The average Bonchev–Trinajstić information content (AvgIpc) is 3.29. The predicted octanol–water partition coefficient (Wildman–Crippen LogP) is 5.04. The molecule has 1 N–H and O–H groups in total.